The largest absolute Gasteiger partial charge is 1.00 e. The maximum atomic E-state index is 8.33. The van der Waals surface area contributed by atoms with Crippen molar-refractivity contribution in [3.8, 4) is 6.07 Å². The highest BCUT2D eigenvalue weighted by molar-refractivity contribution is 6.18. The molecule has 0 aliphatic carbocycles. The Bertz CT molecular complexity index is 107. The van der Waals surface area contributed by atoms with E-state index in [0.717, 1.165) is 18.0 Å². The van der Waals surface area contributed by atoms with Gasteiger partial charge in [-0.2, -0.15) is 5.26 Å². The molecule has 0 aliphatic heterocycles. The van der Waals surface area contributed by atoms with E-state index in [0.29, 0.717) is 18.3 Å². The second-order valence-electron chi connectivity index (χ2n) is 1.96. The van der Waals surface area contributed by atoms with Crippen LogP contribution in [-0.2, 0) is 0 Å². The van der Waals surface area contributed by atoms with E-state index >= 15 is 0 Å². The zero-order valence-electron chi connectivity index (χ0n) is 6.12. The highest BCUT2D eigenvalue weighted by Gasteiger charge is 2.03. The average molecular weight is 218 g/mol. The number of alkyl halides is 2. The molecule has 0 spiro atoms. The van der Waals surface area contributed by atoms with Crippen LogP contribution in [0.2, 0.25) is 0 Å². The van der Waals surface area contributed by atoms with Crippen molar-refractivity contribution in [2.24, 2.45) is 0 Å². The van der Waals surface area contributed by atoms with E-state index in [1.165, 1.54) is 0 Å². The summed E-state index contributed by atoms with van der Waals surface area (Å²) >= 11 is 11.0. The van der Waals surface area contributed by atoms with Crippen LogP contribution < -0.4 is 17.3 Å². The van der Waals surface area contributed by atoms with E-state index in [-0.39, 0.29) is 12.4 Å². The summed E-state index contributed by atoms with van der Waals surface area (Å²) in [6.45, 7) is 2.14. The van der Waals surface area contributed by atoms with Gasteiger partial charge in [0.25, 0.3) is 0 Å². The van der Waals surface area contributed by atoms with Gasteiger partial charge in [-0.05, 0) is 0 Å². The molecule has 0 saturated carbocycles. The lowest BCUT2D eigenvalue weighted by Crippen LogP contribution is -3.12. The summed E-state index contributed by atoms with van der Waals surface area (Å²) in [5, 5.41) is 8.33. The molecule has 0 fully saturated rings. The molecule has 11 heavy (non-hydrogen) atoms. The minimum Gasteiger partial charge on any atom is -1.00 e. The van der Waals surface area contributed by atoms with Gasteiger partial charge >= 0.3 is 0 Å². The summed E-state index contributed by atoms with van der Waals surface area (Å²) in [6, 6.07) is 2.08. The van der Waals surface area contributed by atoms with Crippen molar-refractivity contribution in [1.82, 2.24) is 0 Å². The number of nitriles is 1. The molecule has 2 nitrogen and oxygen atoms in total. The second-order valence-corrected chi connectivity index (χ2v) is 2.72. The van der Waals surface area contributed by atoms with Crippen LogP contribution in [0.25, 0.3) is 0 Å². The fraction of sp³-hybridized carbons (Fsp3) is 0.833. The topological polar surface area (TPSA) is 28.2 Å². The van der Waals surface area contributed by atoms with Crippen LogP contribution in [-0.4, -0.2) is 31.4 Å². The average Bonchev–Trinajstić information content (AvgIpc) is 1.90. The number of rotatable bonds is 5. The molecule has 0 aromatic rings. The van der Waals surface area contributed by atoms with Gasteiger partial charge in [0, 0.05) is 0 Å². The number of hydrogen-bond acceptors (Lipinski definition) is 1. The molecule has 0 heterocycles. The molecule has 0 radical (unpaired) electrons. The molecule has 0 saturated heterocycles. The number of nitrogens with one attached hydrogen (secondary N) is 1. The van der Waals surface area contributed by atoms with Crippen molar-refractivity contribution in [2.75, 3.05) is 31.4 Å². The standard InChI is InChI=1S/C6H10Cl2N2.ClH/c7-1-4-10(5-2-8)6-3-9;/h1-2,4-6H2;1H. The molecule has 0 atom stereocenters. The fourth-order valence-electron chi connectivity index (χ4n) is 0.681. The summed E-state index contributed by atoms with van der Waals surface area (Å²) in [5.41, 5.74) is 0. The van der Waals surface area contributed by atoms with E-state index in [1.54, 1.807) is 0 Å². The summed E-state index contributed by atoms with van der Waals surface area (Å²) in [7, 11) is 0. The van der Waals surface area contributed by atoms with Crippen molar-refractivity contribution >= 4 is 23.2 Å². The highest BCUT2D eigenvalue weighted by atomic mass is 35.5. The number of nitrogens with zero attached hydrogens (tertiary/aromatic N) is 1. The Balaban J connectivity index is 0. The molecule has 1 N–H and O–H groups in total. The van der Waals surface area contributed by atoms with Gasteiger partial charge in [-0.25, -0.2) is 0 Å². The van der Waals surface area contributed by atoms with Gasteiger partial charge in [-0.15, -0.1) is 23.2 Å². The Morgan fingerprint density at radius 2 is 1.64 bits per heavy atom. The third-order valence-corrected chi connectivity index (χ3v) is 1.60. The first kappa shape index (κ1) is 13.9. The quantitative estimate of drug-likeness (QED) is 0.383. The maximum absolute atomic E-state index is 8.33. The van der Waals surface area contributed by atoms with E-state index < -0.39 is 0 Å². The van der Waals surface area contributed by atoms with E-state index in [9.17, 15) is 0 Å². The summed E-state index contributed by atoms with van der Waals surface area (Å²) in [6.07, 6.45) is 0. The lowest BCUT2D eigenvalue weighted by Gasteiger charge is -2.12. The first-order valence-corrected chi connectivity index (χ1v) is 4.24. The van der Waals surface area contributed by atoms with Gasteiger partial charge < -0.3 is 17.3 Å². The van der Waals surface area contributed by atoms with Gasteiger partial charge in [0.2, 0.25) is 0 Å². The minimum absolute atomic E-state index is 0. The van der Waals surface area contributed by atoms with Crippen molar-refractivity contribution in [3.05, 3.63) is 0 Å². The zero-order valence-corrected chi connectivity index (χ0v) is 8.38. The van der Waals surface area contributed by atoms with E-state index in [4.69, 9.17) is 28.5 Å². The summed E-state index contributed by atoms with van der Waals surface area (Å²) in [5.74, 6) is 1.18. The summed E-state index contributed by atoms with van der Waals surface area (Å²) in [4.78, 5) is 1.16. The highest BCUT2D eigenvalue weighted by Crippen LogP contribution is 1.68. The van der Waals surface area contributed by atoms with E-state index in [2.05, 4.69) is 6.07 Å². The Morgan fingerprint density at radius 3 is 1.91 bits per heavy atom. The molecule has 0 amide bonds. The Hall–Kier alpha value is 0.320. The number of quaternary nitrogens is 1. The summed E-state index contributed by atoms with van der Waals surface area (Å²) < 4.78 is 0. The first-order valence-electron chi connectivity index (χ1n) is 3.17. The smallest absolute Gasteiger partial charge is 0.165 e. The van der Waals surface area contributed by atoms with Crippen molar-refractivity contribution in [1.29, 1.82) is 5.26 Å². The van der Waals surface area contributed by atoms with Crippen molar-refractivity contribution in [3.63, 3.8) is 0 Å². The van der Waals surface area contributed by atoms with Gasteiger partial charge in [0.15, 0.2) is 6.54 Å². The molecule has 66 valence electrons. The normalized spacial score (nSPS) is 8.91. The third-order valence-electron chi connectivity index (χ3n) is 1.23. The van der Waals surface area contributed by atoms with Gasteiger partial charge in [-0.3, -0.25) is 0 Å². The van der Waals surface area contributed by atoms with Gasteiger partial charge in [0.1, 0.15) is 6.07 Å². The minimum atomic E-state index is 0. The number of halogens is 3. The first-order chi connectivity index (χ1) is 4.85. The van der Waals surface area contributed by atoms with Crippen LogP contribution >= 0.6 is 23.2 Å². The lowest BCUT2D eigenvalue weighted by atomic mass is 10.5. The maximum Gasteiger partial charge on any atom is 0.165 e. The van der Waals surface area contributed by atoms with Crippen molar-refractivity contribution < 1.29 is 17.3 Å². The van der Waals surface area contributed by atoms with Crippen molar-refractivity contribution in [2.45, 2.75) is 0 Å². The van der Waals surface area contributed by atoms with Gasteiger partial charge in [-0.1, -0.05) is 0 Å². The molecule has 0 rings (SSSR count). The predicted octanol–water partition coefficient (Wildman–Crippen LogP) is -3.12. The van der Waals surface area contributed by atoms with Gasteiger partial charge in [0.05, 0.1) is 24.8 Å². The molecule has 5 heteroatoms. The molecule has 0 bridgehead atoms. The predicted molar refractivity (Wildman–Crippen MR) is 42.6 cm³/mol. The molecular weight excluding hydrogens is 206 g/mol. The van der Waals surface area contributed by atoms with Crippen LogP contribution in [0.4, 0.5) is 0 Å². The second kappa shape index (κ2) is 10.3. The zero-order chi connectivity index (χ0) is 7.82. The molecule has 0 aromatic heterocycles. The number of hydrogen-bond donors (Lipinski definition) is 1. The SMILES string of the molecule is N#CC[NH+](CCCl)CCCl.[Cl-]. The molecular formula is C6H11Cl3N2. The molecule has 0 aromatic carbocycles. The Morgan fingerprint density at radius 1 is 1.18 bits per heavy atom. The Labute approximate surface area is 83.5 Å². The van der Waals surface area contributed by atoms with Crippen LogP contribution in [0.5, 0.6) is 0 Å². The van der Waals surface area contributed by atoms with Crippen LogP contribution in [0.3, 0.4) is 0 Å². The van der Waals surface area contributed by atoms with E-state index in [1.807, 2.05) is 0 Å². The Kier molecular flexibility index (Phi) is 13.0. The fourth-order valence-corrected chi connectivity index (χ4v) is 1.22. The third kappa shape index (κ3) is 8.22. The van der Waals surface area contributed by atoms with Crippen LogP contribution in [0.1, 0.15) is 0 Å². The molecule has 0 unspecified atom stereocenters. The monoisotopic (exact) mass is 216 g/mol. The lowest BCUT2D eigenvalue weighted by molar-refractivity contribution is -0.887. The molecule has 0 aliphatic rings. The van der Waals surface area contributed by atoms with Crippen LogP contribution in [0.15, 0.2) is 0 Å². The van der Waals surface area contributed by atoms with Crippen LogP contribution in [0, 0.1) is 11.3 Å².